The molecule has 0 amide bonds. The molecule has 1 heterocycles. The molecule has 1 N–H and O–H groups in total. The SMILES string of the molecule is FC(F)(F)c1ccc2c[nH+]ccc2c1. The quantitative estimate of drug-likeness (QED) is 0.618. The summed E-state index contributed by atoms with van der Waals surface area (Å²) in [6, 6.07) is 5.29. The smallest absolute Gasteiger partial charge is 0.217 e. The van der Waals surface area contributed by atoms with Gasteiger partial charge in [0.05, 0.1) is 5.56 Å². The first-order valence-electron chi connectivity index (χ1n) is 4.04. The van der Waals surface area contributed by atoms with Crippen molar-refractivity contribution in [1.29, 1.82) is 0 Å². The third kappa shape index (κ3) is 1.55. The molecule has 1 aromatic heterocycles. The minimum absolute atomic E-state index is 0.582. The molecule has 0 saturated heterocycles. The third-order valence-corrected chi connectivity index (χ3v) is 2.01. The summed E-state index contributed by atoms with van der Waals surface area (Å²) in [5.74, 6) is 0. The average Bonchev–Trinajstić information content (AvgIpc) is 2.16. The van der Waals surface area contributed by atoms with Crippen molar-refractivity contribution in [2.45, 2.75) is 6.18 Å². The molecule has 0 radical (unpaired) electrons. The van der Waals surface area contributed by atoms with Gasteiger partial charge in [-0.1, -0.05) is 0 Å². The van der Waals surface area contributed by atoms with E-state index in [2.05, 4.69) is 4.98 Å². The first-order chi connectivity index (χ1) is 6.57. The van der Waals surface area contributed by atoms with E-state index in [4.69, 9.17) is 0 Å². The van der Waals surface area contributed by atoms with E-state index in [-0.39, 0.29) is 0 Å². The molecule has 0 aliphatic heterocycles. The van der Waals surface area contributed by atoms with Gasteiger partial charge >= 0.3 is 6.18 Å². The Morgan fingerprint density at radius 2 is 1.79 bits per heavy atom. The number of rotatable bonds is 0. The summed E-state index contributed by atoms with van der Waals surface area (Å²) in [6.07, 6.45) is -1.01. The summed E-state index contributed by atoms with van der Waals surface area (Å²) in [5, 5.41) is 1.35. The van der Waals surface area contributed by atoms with Gasteiger partial charge in [0.15, 0.2) is 12.4 Å². The molecule has 14 heavy (non-hydrogen) atoms. The Morgan fingerprint density at radius 1 is 1.00 bits per heavy atom. The van der Waals surface area contributed by atoms with Crippen LogP contribution in [0.1, 0.15) is 5.56 Å². The van der Waals surface area contributed by atoms with Gasteiger partial charge in [-0.3, -0.25) is 0 Å². The number of pyridine rings is 1. The average molecular weight is 198 g/mol. The van der Waals surface area contributed by atoms with Crippen LogP contribution in [0.4, 0.5) is 13.2 Å². The van der Waals surface area contributed by atoms with E-state index >= 15 is 0 Å². The van der Waals surface area contributed by atoms with Crippen molar-refractivity contribution < 1.29 is 18.2 Å². The Bertz CT molecular complexity index is 462. The molecule has 0 atom stereocenters. The van der Waals surface area contributed by atoms with Crippen LogP contribution in [0.5, 0.6) is 0 Å². The number of hydrogen-bond acceptors (Lipinski definition) is 0. The number of aromatic amines is 1. The lowest BCUT2D eigenvalue weighted by atomic mass is 10.1. The minimum Gasteiger partial charge on any atom is -0.217 e. The number of halogens is 3. The Labute approximate surface area is 78.2 Å². The van der Waals surface area contributed by atoms with Crippen molar-refractivity contribution in [3.63, 3.8) is 0 Å². The van der Waals surface area contributed by atoms with Crippen LogP contribution in [0.2, 0.25) is 0 Å². The lowest BCUT2D eigenvalue weighted by Gasteiger charge is -2.06. The molecule has 1 aromatic carbocycles. The van der Waals surface area contributed by atoms with Crippen LogP contribution in [0, 0.1) is 0 Å². The van der Waals surface area contributed by atoms with E-state index in [0.29, 0.717) is 5.39 Å². The molecule has 0 unspecified atom stereocenters. The molecular weight excluding hydrogens is 191 g/mol. The number of alkyl halides is 3. The fraction of sp³-hybridized carbons (Fsp3) is 0.100. The summed E-state index contributed by atoms with van der Waals surface area (Å²) in [6.45, 7) is 0. The van der Waals surface area contributed by atoms with Crippen LogP contribution in [-0.4, -0.2) is 0 Å². The summed E-state index contributed by atoms with van der Waals surface area (Å²) >= 11 is 0. The van der Waals surface area contributed by atoms with Crippen LogP contribution in [-0.2, 0) is 6.18 Å². The van der Waals surface area contributed by atoms with Crippen molar-refractivity contribution in [2.24, 2.45) is 0 Å². The molecule has 2 rings (SSSR count). The fourth-order valence-corrected chi connectivity index (χ4v) is 1.30. The van der Waals surface area contributed by atoms with E-state index in [1.165, 1.54) is 6.07 Å². The van der Waals surface area contributed by atoms with E-state index in [9.17, 15) is 13.2 Å². The highest BCUT2D eigenvalue weighted by molar-refractivity contribution is 5.81. The molecule has 0 bridgehead atoms. The van der Waals surface area contributed by atoms with Crippen molar-refractivity contribution in [1.82, 2.24) is 0 Å². The monoisotopic (exact) mass is 198 g/mol. The van der Waals surface area contributed by atoms with Crippen molar-refractivity contribution in [2.75, 3.05) is 0 Å². The number of H-pyrrole nitrogens is 1. The van der Waals surface area contributed by atoms with Gasteiger partial charge in [-0.15, -0.1) is 0 Å². The molecule has 0 aliphatic carbocycles. The largest absolute Gasteiger partial charge is 0.416 e. The molecular formula is C10H7F3N+. The molecule has 1 nitrogen and oxygen atoms in total. The van der Waals surface area contributed by atoms with Crippen molar-refractivity contribution in [3.8, 4) is 0 Å². The van der Waals surface area contributed by atoms with Gasteiger partial charge in [0.1, 0.15) is 0 Å². The van der Waals surface area contributed by atoms with E-state index in [0.717, 1.165) is 17.5 Å². The van der Waals surface area contributed by atoms with Crippen LogP contribution >= 0.6 is 0 Å². The summed E-state index contributed by atoms with van der Waals surface area (Å²) in [7, 11) is 0. The second-order valence-electron chi connectivity index (χ2n) is 2.99. The van der Waals surface area contributed by atoms with E-state index in [1.807, 2.05) is 0 Å². The highest BCUT2D eigenvalue weighted by Crippen LogP contribution is 2.30. The maximum Gasteiger partial charge on any atom is 0.416 e. The molecule has 72 valence electrons. The van der Waals surface area contributed by atoms with Gasteiger partial charge in [-0.05, 0) is 23.6 Å². The number of nitrogens with one attached hydrogen (secondary N) is 1. The van der Waals surface area contributed by atoms with Gasteiger partial charge in [-0.25, -0.2) is 4.98 Å². The second kappa shape index (κ2) is 2.97. The summed E-state index contributed by atoms with van der Waals surface area (Å²) in [5.41, 5.74) is -0.615. The Morgan fingerprint density at radius 3 is 2.50 bits per heavy atom. The normalized spacial score (nSPS) is 11.9. The van der Waals surface area contributed by atoms with Crippen molar-refractivity contribution >= 4 is 10.8 Å². The standard InChI is InChI=1S/C10H6F3N/c11-10(12,13)9-2-1-8-6-14-4-3-7(8)5-9/h1-6H/p+1. The van der Waals surface area contributed by atoms with Gasteiger partial charge in [0.2, 0.25) is 0 Å². The van der Waals surface area contributed by atoms with Gasteiger partial charge in [-0.2, -0.15) is 13.2 Å². The zero-order valence-electron chi connectivity index (χ0n) is 7.10. The number of aromatic nitrogens is 1. The van der Waals surface area contributed by atoms with Crippen LogP contribution < -0.4 is 4.98 Å². The predicted octanol–water partition coefficient (Wildman–Crippen LogP) is 2.67. The summed E-state index contributed by atoms with van der Waals surface area (Å²) in [4.78, 5) is 2.81. The molecule has 0 saturated carbocycles. The number of benzene rings is 1. The maximum atomic E-state index is 12.3. The molecule has 0 spiro atoms. The first kappa shape index (κ1) is 8.99. The maximum absolute atomic E-state index is 12.3. The van der Waals surface area contributed by atoms with Crippen LogP contribution in [0.3, 0.4) is 0 Å². The minimum atomic E-state index is -4.27. The van der Waals surface area contributed by atoms with Crippen molar-refractivity contribution in [3.05, 3.63) is 42.2 Å². The molecule has 0 aliphatic rings. The highest BCUT2D eigenvalue weighted by atomic mass is 19.4. The van der Waals surface area contributed by atoms with Crippen LogP contribution in [0.15, 0.2) is 36.7 Å². The van der Waals surface area contributed by atoms with Gasteiger partial charge in [0.25, 0.3) is 0 Å². The highest BCUT2D eigenvalue weighted by Gasteiger charge is 2.30. The Balaban J connectivity index is 2.63. The zero-order valence-corrected chi connectivity index (χ0v) is 7.10. The lowest BCUT2D eigenvalue weighted by molar-refractivity contribution is -0.375. The van der Waals surface area contributed by atoms with Gasteiger partial charge < -0.3 is 0 Å². The molecule has 4 heteroatoms. The fourth-order valence-electron chi connectivity index (χ4n) is 1.30. The Hall–Kier alpha value is -1.58. The third-order valence-electron chi connectivity index (χ3n) is 2.01. The lowest BCUT2D eigenvalue weighted by Crippen LogP contribution is -2.05. The Kier molecular flexibility index (Phi) is 1.91. The van der Waals surface area contributed by atoms with Gasteiger partial charge in [0, 0.05) is 11.5 Å². The van der Waals surface area contributed by atoms with E-state index in [1.54, 1.807) is 18.5 Å². The summed E-state index contributed by atoms with van der Waals surface area (Å²) < 4.78 is 36.9. The predicted molar refractivity (Wildman–Crippen MR) is 45.5 cm³/mol. The zero-order chi connectivity index (χ0) is 10.2. The topological polar surface area (TPSA) is 14.1 Å². The molecule has 0 fully saturated rings. The number of fused-ring (bicyclic) bond motifs is 1. The second-order valence-corrected chi connectivity index (χ2v) is 2.99. The molecule has 2 aromatic rings. The first-order valence-corrected chi connectivity index (χ1v) is 4.04. The number of hydrogen-bond donors (Lipinski definition) is 0. The van der Waals surface area contributed by atoms with Crippen LogP contribution in [0.25, 0.3) is 10.8 Å². The van der Waals surface area contributed by atoms with E-state index < -0.39 is 11.7 Å².